The van der Waals surface area contributed by atoms with Gasteiger partial charge in [-0.1, -0.05) is 171 Å². The van der Waals surface area contributed by atoms with E-state index in [0.29, 0.717) is 6.42 Å². The zero-order valence-electron chi connectivity index (χ0n) is 43.4. The smallest absolute Gasteiger partial charge is 0.338 e. The first-order valence-electron chi connectivity index (χ1n) is 26.3. The van der Waals surface area contributed by atoms with Gasteiger partial charge in [0.2, 0.25) is 0 Å². The maximum absolute atomic E-state index is 14.3. The molecule has 2 saturated heterocycles. The lowest BCUT2D eigenvalue weighted by atomic mass is 9.97. The number of esters is 6. The molecule has 17 heteroatoms. The van der Waals surface area contributed by atoms with E-state index in [0.717, 1.165) is 32.1 Å². The van der Waals surface area contributed by atoms with E-state index in [9.17, 15) is 28.8 Å². The Bertz CT molecular complexity index is 2880. The van der Waals surface area contributed by atoms with E-state index < -0.39 is 104 Å². The van der Waals surface area contributed by atoms with Crippen molar-refractivity contribution in [2.24, 2.45) is 0 Å². The largest absolute Gasteiger partial charge is 0.452 e. The summed E-state index contributed by atoms with van der Waals surface area (Å²) in [6.07, 6.45) is -9.55. The van der Waals surface area contributed by atoms with E-state index in [1.807, 2.05) is 22.6 Å². The highest BCUT2D eigenvalue weighted by molar-refractivity contribution is 14.1. The van der Waals surface area contributed by atoms with Crippen LogP contribution in [0.3, 0.4) is 0 Å². The Morgan fingerprint density at radius 2 is 0.633 bits per heavy atom. The van der Waals surface area contributed by atoms with E-state index in [2.05, 4.69) is 6.92 Å². The van der Waals surface area contributed by atoms with Crippen molar-refractivity contribution >= 4 is 58.4 Å². The normalized spacial score (nSPS) is 22.6. The molecule has 2 fully saturated rings. The van der Waals surface area contributed by atoms with Gasteiger partial charge in [0.25, 0.3) is 0 Å². The van der Waals surface area contributed by atoms with Gasteiger partial charge in [-0.2, -0.15) is 0 Å². The number of unbranched alkanes of at least 4 members (excludes halogenated alkanes) is 5. The number of halogens is 1. The molecule has 0 N–H and O–H groups in total. The van der Waals surface area contributed by atoms with Crippen molar-refractivity contribution in [2.75, 3.05) is 17.6 Å². The summed E-state index contributed by atoms with van der Waals surface area (Å²) in [5.41, 5.74) is 0.878. The summed E-state index contributed by atoms with van der Waals surface area (Å²) >= 11 is 2.04. The first-order chi connectivity index (χ1) is 38.6. The van der Waals surface area contributed by atoms with E-state index in [1.54, 1.807) is 133 Å². The van der Waals surface area contributed by atoms with E-state index >= 15 is 0 Å². The maximum Gasteiger partial charge on any atom is 0.338 e. The van der Waals surface area contributed by atoms with Gasteiger partial charge >= 0.3 is 35.8 Å². The fourth-order valence-corrected chi connectivity index (χ4v) is 9.66. The predicted octanol–water partition coefficient (Wildman–Crippen LogP) is 10.6. The highest BCUT2D eigenvalue weighted by Gasteiger charge is 2.56. The van der Waals surface area contributed by atoms with Gasteiger partial charge in [-0.15, -0.1) is 0 Å². The zero-order chi connectivity index (χ0) is 55.3. The minimum Gasteiger partial charge on any atom is -0.452 e. The molecule has 0 aromatic heterocycles. The Balaban J connectivity index is 1.20. The second-order valence-corrected chi connectivity index (χ2v) is 19.5. The lowest BCUT2D eigenvalue weighted by Crippen LogP contribution is -2.65. The molecule has 0 radical (unpaired) electrons. The second-order valence-electron chi connectivity index (χ2n) is 18.6. The van der Waals surface area contributed by atoms with Crippen LogP contribution in [-0.2, 0) is 47.4 Å². The van der Waals surface area contributed by atoms with Crippen LogP contribution in [0.15, 0.2) is 182 Å². The standard InChI is InChI=1S/C62H61IO16/c1-2-3-4-5-6-25-38-70-61-53(78-59(68)45-34-21-11-22-35-45)52(77-58(67)44-32-19-10-20-33-44)50(75-56(65)42-28-15-8-16-29-42)48(73-61)40-71-62-54(79-60(69)46-36-23-12-24-37-46)51(76-57(66)43-30-17-9-18-31-43)49(47(39-63)72-62)74-55(64)41-26-13-7-14-27-41/h7-24,26-37,47-54,61-62H,2-6,25,38-40H2,1H3/t47-,48-,49-,50-,51+,52+,53+,54+,61+,62+/m1/s1. The highest BCUT2D eigenvalue weighted by Crippen LogP contribution is 2.36. The van der Waals surface area contributed by atoms with Gasteiger partial charge in [-0.3, -0.25) is 0 Å². The lowest BCUT2D eigenvalue weighted by molar-refractivity contribution is -0.324. The van der Waals surface area contributed by atoms with E-state index in [-0.39, 0.29) is 44.4 Å². The van der Waals surface area contributed by atoms with Crippen molar-refractivity contribution in [3.05, 3.63) is 215 Å². The van der Waals surface area contributed by atoms with Gasteiger partial charge in [0, 0.05) is 11.0 Å². The summed E-state index contributed by atoms with van der Waals surface area (Å²) in [4.78, 5) is 85.1. The van der Waals surface area contributed by atoms with Gasteiger partial charge in [-0.25, -0.2) is 28.8 Å². The highest BCUT2D eigenvalue weighted by atomic mass is 127. The molecule has 6 aromatic carbocycles. The van der Waals surface area contributed by atoms with Crippen molar-refractivity contribution in [3.8, 4) is 0 Å². The summed E-state index contributed by atoms with van der Waals surface area (Å²) in [6.45, 7) is 1.66. The Hall–Kier alpha value is -7.29. The fraction of sp³-hybridized carbons (Fsp3) is 0.323. The SMILES string of the molecule is CCCCCCCCO[C@H]1O[C@H](CO[C@H]2O[C@H](CI)[C@@H](OC(=O)c3ccccc3)[C@H](OC(=O)c3ccccc3)[C@@H]2OC(=O)c2ccccc2)[C@@H](OC(=O)c2ccccc2)[C@H](OC(=O)c2ccccc2)[C@@H]1OC(=O)c1ccccc1. The lowest BCUT2D eigenvalue weighted by Gasteiger charge is -2.46. The number of ether oxygens (including phenoxy) is 10. The van der Waals surface area contributed by atoms with Gasteiger partial charge in [0.15, 0.2) is 49.2 Å². The summed E-state index contributed by atoms with van der Waals surface area (Å²) < 4.78 is 64.2. The summed E-state index contributed by atoms with van der Waals surface area (Å²) in [6, 6.07) is 48.6. The molecule has 0 saturated carbocycles. The monoisotopic (exact) mass is 1190 g/mol. The summed E-state index contributed by atoms with van der Waals surface area (Å²) in [5.74, 6) is -5.00. The number of hydrogen-bond donors (Lipinski definition) is 0. The third kappa shape index (κ3) is 15.9. The van der Waals surface area contributed by atoms with Crippen LogP contribution in [0, 0.1) is 0 Å². The van der Waals surface area contributed by atoms with Gasteiger partial charge in [0.1, 0.15) is 12.2 Å². The molecule has 0 unspecified atom stereocenters. The maximum atomic E-state index is 14.3. The number of alkyl halides is 1. The van der Waals surface area contributed by atoms with Gasteiger partial charge < -0.3 is 47.4 Å². The third-order valence-electron chi connectivity index (χ3n) is 13.1. The molecule has 412 valence electrons. The van der Waals surface area contributed by atoms with E-state index in [1.165, 1.54) is 48.5 Å². The number of hydrogen-bond acceptors (Lipinski definition) is 16. The minimum atomic E-state index is -1.67. The first kappa shape index (κ1) is 57.9. The van der Waals surface area contributed by atoms with Crippen LogP contribution in [0.4, 0.5) is 0 Å². The molecule has 8 rings (SSSR count). The topological polar surface area (TPSA) is 195 Å². The van der Waals surface area contributed by atoms with Crippen molar-refractivity contribution in [3.63, 3.8) is 0 Å². The zero-order valence-corrected chi connectivity index (χ0v) is 45.5. The van der Waals surface area contributed by atoms with Crippen LogP contribution >= 0.6 is 22.6 Å². The number of carbonyl (C=O) groups excluding carboxylic acids is 6. The Labute approximate surface area is 472 Å². The van der Waals surface area contributed by atoms with Crippen molar-refractivity contribution < 1.29 is 76.1 Å². The molecule has 6 aromatic rings. The molecule has 2 aliphatic rings. The quantitative estimate of drug-likeness (QED) is 0.0182. The molecular formula is C62H61IO16. The summed E-state index contributed by atoms with van der Waals surface area (Å²) in [7, 11) is 0. The van der Waals surface area contributed by atoms with Crippen molar-refractivity contribution in [1.82, 2.24) is 0 Å². The van der Waals surface area contributed by atoms with Crippen LogP contribution in [0.5, 0.6) is 0 Å². The predicted molar refractivity (Wildman–Crippen MR) is 295 cm³/mol. The number of rotatable bonds is 24. The van der Waals surface area contributed by atoms with Crippen LogP contribution in [0.25, 0.3) is 0 Å². The average Bonchev–Trinajstić information content (AvgIpc) is 3.53. The van der Waals surface area contributed by atoms with Crippen LogP contribution in [-0.4, -0.2) is 115 Å². The number of carbonyl (C=O) groups is 6. The molecule has 0 aliphatic carbocycles. The van der Waals surface area contributed by atoms with Gasteiger partial charge in [-0.05, 0) is 79.2 Å². The fourth-order valence-electron chi connectivity index (χ4n) is 8.95. The van der Waals surface area contributed by atoms with Crippen molar-refractivity contribution in [2.45, 2.75) is 107 Å². The second kappa shape index (κ2) is 29.6. The summed E-state index contributed by atoms with van der Waals surface area (Å²) in [5, 5.41) is 0. The Morgan fingerprint density at radius 1 is 0.354 bits per heavy atom. The molecule has 0 amide bonds. The van der Waals surface area contributed by atoms with Crippen LogP contribution in [0.2, 0.25) is 0 Å². The van der Waals surface area contributed by atoms with Gasteiger partial charge in [0.05, 0.1) is 40.0 Å². The molecule has 2 heterocycles. The average molecular weight is 1190 g/mol. The molecule has 79 heavy (non-hydrogen) atoms. The minimum absolute atomic E-state index is 0.121. The third-order valence-corrected chi connectivity index (χ3v) is 13.9. The molecule has 2 aliphatic heterocycles. The number of benzene rings is 6. The molecule has 0 spiro atoms. The van der Waals surface area contributed by atoms with Crippen LogP contribution < -0.4 is 0 Å². The first-order valence-corrected chi connectivity index (χ1v) is 27.8. The Kier molecular flexibility index (Phi) is 21.7. The molecule has 10 atom stereocenters. The molecule has 0 bridgehead atoms. The van der Waals surface area contributed by atoms with E-state index in [4.69, 9.17) is 47.4 Å². The Morgan fingerprint density at radius 3 is 0.975 bits per heavy atom. The van der Waals surface area contributed by atoms with Crippen LogP contribution in [0.1, 0.15) is 108 Å². The molecular weight excluding hydrogens is 1130 g/mol. The van der Waals surface area contributed by atoms with Crippen molar-refractivity contribution in [1.29, 1.82) is 0 Å². The molecule has 16 nitrogen and oxygen atoms in total.